The Bertz CT molecular complexity index is 452. The van der Waals surface area contributed by atoms with E-state index in [1.54, 1.807) is 0 Å². The summed E-state index contributed by atoms with van der Waals surface area (Å²) in [6.07, 6.45) is 9.22. The van der Waals surface area contributed by atoms with Crippen LogP contribution in [0, 0.1) is 11.3 Å². The highest BCUT2D eigenvalue weighted by molar-refractivity contribution is 8.00. The van der Waals surface area contributed by atoms with Gasteiger partial charge in [0.25, 0.3) is 0 Å². The van der Waals surface area contributed by atoms with E-state index in [2.05, 4.69) is 16.4 Å². The summed E-state index contributed by atoms with van der Waals surface area (Å²) < 4.78 is 0. The van der Waals surface area contributed by atoms with Crippen LogP contribution >= 0.6 is 11.8 Å². The molecule has 2 saturated carbocycles. The molecule has 1 N–H and O–H groups in total. The first-order chi connectivity index (χ1) is 8.80. The van der Waals surface area contributed by atoms with Gasteiger partial charge in [0.05, 0.1) is 6.07 Å². The molecule has 2 unspecified atom stereocenters. The van der Waals surface area contributed by atoms with Crippen LogP contribution in [0.25, 0.3) is 0 Å². The molecule has 3 rings (SSSR count). The van der Waals surface area contributed by atoms with Crippen molar-refractivity contribution in [2.75, 3.05) is 0 Å². The fourth-order valence-corrected chi connectivity index (χ4v) is 3.86. The smallest absolute Gasteiger partial charge is 0.108 e. The SMILES string of the molecule is N#CC1(NC2CC2)CCC(Sc2ccncc2)C1. The Labute approximate surface area is 112 Å². The number of hydrogen-bond donors (Lipinski definition) is 1. The third-order valence-corrected chi connectivity index (χ3v) is 4.97. The highest BCUT2D eigenvalue weighted by atomic mass is 32.2. The van der Waals surface area contributed by atoms with Gasteiger partial charge in [-0.1, -0.05) is 0 Å². The van der Waals surface area contributed by atoms with E-state index in [4.69, 9.17) is 0 Å². The summed E-state index contributed by atoms with van der Waals surface area (Å²) >= 11 is 1.89. The van der Waals surface area contributed by atoms with Crippen LogP contribution in [0.3, 0.4) is 0 Å². The monoisotopic (exact) mass is 259 g/mol. The molecular weight excluding hydrogens is 242 g/mol. The van der Waals surface area contributed by atoms with E-state index in [0.717, 1.165) is 19.3 Å². The lowest BCUT2D eigenvalue weighted by atomic mass is 10.00. The van der Waals surface area contributed by atoms with Crippen LogP contribution in [-0.2, 0) is 0 Å². The average Bonchev–Trinajstić information content (AvgIpc) is 3.12. The second-order valence-electron chi connectivity index (χ2n) is 5.28. The van der Waals surface area contributed by atoms with E-state index in [0.29, 0.717) is 11.3 Å². The second kappa shape index (κ2) is 4.91. The van der Waals surface area contributed by atoms with Crippen molar-refractivity contribution in [1.82, 2.24) is 10.3 Å². The molecule has 1 aromatic heterocycles. The molecule has 2 aliphatic carbocycles. The Kier molecular flexibility index (Phi) is 3.27. The van der Waals surface area contributed by atoms with Crippen molar-refractivity contribution >= 4 is 11.8 Å². The first kappa shape index (κ1) is 12.0. The van der Waals surface area contributed by atoms with Crippen molar-refractivity contribution in [2.24, 2.45) is 0 Å². The van der Waals surface area contributed by atoms with Crippen molar-refractivity contribution in [3.8, 4) is 6.07 Å². The molecule has 0 amide bonds. The number of aromatic nitrogens is 1. The van der Waals surface area contributed by atoms with Gasteiger partial charge in [-0.25, -0.2) is 0 Å². The van der Waals surface area contributed by atoms with E-state index >= 15 is 0 Å². The zero-order valence-electron chi connectivity index (χ0n) is 10.3. The maximum atomic E-state index is 9.45. The fraction of sp³-hybridized carbons (Fsp3) is 0.571. The summed E-state index contributed by atoms with van der Waals surface area (Å²) in [5.74, 6) is 0. The molecule has 3 nitrogen and oxygen atoms in total. The van der Waals surface area contributed by atoms with Crippen molar-refractivity contribution in [2.45, 2.75) is 53.8 Å². The normalized spacial score (nSPS) is 31.2. The molecule has 0 spiro atoms. The second-order valence-corrected chi connectivity index (χ2v) is 6.65. The van der Waals surface area contributed by atoms with E-state index in [9.17, 15) is 5.26 Å². The number of nitriles is 1. The molecule has 4 heteroatoms. The summed E-state index contributed by atoms with van der Waals surface area (Å²) in [6.45, 7) is 0. The van der Waals surface area contributed by atoms with E-state index < -0.39 is 0 Å². The zero-order chi connectivity index (χ0) is 12.4. The standard InChI is InChI=1S/C14H17N3S/c15-10-14(17-11-1-2-11)6-3-13(9-14)18-12-4-7-16-8-5-12/h4-5,7-8,11,13,17H,1-3,6,9H2. The molecule has 1 heterocycles. The summed E-state index contributed by atoms with van der Waals surface area (Å²) in [6, 6.07) is 7.23. The Balaban J connectivity index is 1.62. The quantitative estimate of drug-likeness (QED) is 0.903. The molecule has 94 valence electrons. The van der Waals surface area contributed by atoms with Crippen molar-refractivity contribution < 1.29 is 0 Å². The van der Waals surface area contributed by atoms with Crippen LogP contribution in [0.1, 0.15) is 32.1 Å². The van der Waals surface area contributed by atoms with Crippen molar-refractivity contribution in [1.29, 1.82) is 5.26 Å². The van der Waals surface area contributed by atoms with E-state index in [1.807, 2.05) is 36.3 Å². The van der Waals surface area contributed by atoms with Gasteiger partial charge in [0.2, 0.25) is 0 Å². The first-order valence-corrected chi connectivity index (χ1v) is 7.43. The van der Waals surface area contributed by atoms with Crippen LogP contribution < -0.4 is 5.32 Å². The summed E-state index contributed by atoms with van der Waals surface area (Å²) in [7, 11) is 0. The lowest BCUT2D eigenvalue weighted by Crippen LogP contribution is -2.43. The van der Waals surface area contributed by atoms with Crippen molar-refractivity contribution in [3.63, 3.8) is 0 Å². The van der Waals surface area contributed by atoms with Crippen LogP contribution in [0.2, 0.25) is 0 Å². The third-order valence-electron chi connectivity index (χ3n) is 3.69. The minimum atomic E-state index is -0.258. The minimum Gasteiger partial charge on any atom is -0.297 e. The Hall–Kier alpha value is -1.05. The number of rotatable bonds is 4. The van der Waals surface area contributed by atoms with E-state index in [1.165, 1.54) is 17.7 Å². The largest absolute Gasteiger partial charge is 0.297 e. The van der Waals surface area contributed by atoms with Gasteiger partial charge in [0.15, 0.2) is 0 Å². The molecule has 2 fully saturated rings. The Morgan fingerprint density at radius 3 is 2.78 bits per heavy atom. The van der Waals surface area contributed by atoms with Gasteiger partial charge in [-0.3, -0.25) is 10.3 Å². The highest BCUT2D eigenvalue weighted by Crippen LogP contribution is 2.41. The predicted octanol–water partition coefficient (Wildman–Crippen LogP) is 2.74. The molecule has 0 aliphatic heterocycles. The number of hydrogen-bond acceptors (Lipinski definition) is 4. The van der Waals surface area contributed by atoms with Gasteiger partial charge in [-0.2, -0.15) is 5.26 Å². The summed E-state index contributed by atoms with van der Waals surface area (Å²) in [5.41, 5.74) is -0.258. The van der Waals surface area contributed by atoms with Gasteiger partial charge >= 0.3 is 0 Å². The van der Waals surface area contributed by atoms with Crippen LogP contribution in [0.15, 0.2) is 29.4 Å². The molecule has 0 radical (unpaired) electrons. The maximum absolute atomic E-state index is 9.45. The number of pyridine rings is 1. The van der Waals surface area contributed by atoms with Gasteiger partial charge in [-0.05, 0) is 44.2 Å². The third kappa shape index (κ3) is 2.68. The first-order valence-electron chi connectivity index (χ1n) is 6.55. The summed E-state index contributed by atoms with van der Waals surface area (Å²) in [4.78, 5) is 5.29. The molecule has 0 saturated heterocycles. The molecule has 18 heavy (non-hydrogen) atoms. The van der Waals surface area contributed by atoms with Gasteiger partial charge in [0.1, 0.15) is 5.54 Å². The van der Waals surface area contributed by atoms with Gasteiger partial charge in [0, 0.05) is 28.6 Å². The molecule has 0 bridgehead atoms. The lowest BCUT2D eigenvalue weighted by molar-refractivity contribution is 0.420. The predicted molar refractivity (Wildman–Crippen MR) is 72.2 cm³/mol. The summed E-state index contributed by atoms with van der Waals surface area (Å²) in [5, 5.41) is 13.5. The van der Waals surface area contributed by atoms with E-state index in [-0.39, 0.29) is 5.54 Å². The topological polar surface area (TPSA) is 48.7 Å². The Morgan fingerprint density at radius 1 is 1.33 bits per heavy atom. The van der Waals surface area contributed by atoms with Gasteiger partial charge in [-0.15, -0.1) is 11.8 Å². The maximum Gasteiger partial charge on any atom is 0.108 e. The Morgan fingerprint density at radius 2 is 2.11 bits per heavy atom. The van der Waals surface area contributed by atoms with Gasteiger partial charge < -0.3 is 0 Å². The molecule has 1 aromatic rings. The average molecular weight is 259 g/mol. The number of nitrogens with one attached hydrogen (secondary N) is 1. The lowest BCUT2D eigenvalue weighted by Gasteiger charge is -2.22. The van der Waals surface area contributed by atoms with Crippen LogP contribution in [0.4, 0.5) is 0 Å². The molecule has 0 aromatic carbocycles. The van der Waals surface area contributed by atoms with Crippen LogP contribution in [-0.4, -0.2) is 21.8 Å². The van der Waals surface area contributed by atoms with Crippen LogP contribution in [0.5, 0.6) is 0 Å². The fourth-order valence-electron chi connectivity index (χ4n) is 2.59. The number of nitrogens with zero attached hydrogens (tertiary/aromatic N) is 2. The number of thioether (sulfide) groups is 1. The molecule has 2 aliphatic rings. The highest BCUT2D eigenvalue weighted by Gasteiger charge is 2.42. The minimum absolute atomic E-state index is 0.258. The molecule has 2 atom stereocenters. The van der Waals surface area contributed by atoms with Crippen molar-refractivity contribution in [3.05, 3.63) is 24.5 Å². The zero-order valence-corrected chi connectivity index (χ0v) is 11.1. The molecular formula is C14H17N3S.